The summed E-state index contributed by atoms with van der Waals surface area (Å²) in [5, 5.41) is 10.6. The Morgan fingerprint density at radius 3 is 2.21 bits per heavy atom. The number of hydrogen-bond donors (Lipinski definition) is 0. The van der Waals surface area contributed by atoms with Crippen molar-refractivity contribution in [3.8, 4) is 0 Å². The van der Waals surface area contributed by atoms with E-state index in [0.29, 0.717) is 0 Å². The minimum absolute atomic E-state index is 0.0948. The van der Waals surface area contributed by atoms with Crippen molar-refractivity contribution in [2.75, 3.05) is 20.1 Å². The Balaban J connectivity index is 2.33. The third-order valence-electron chi connectivity index (χ3n) is 4.09. The zero-order valence-corrected chi connectivity index (χ0v) is 13.7. The highest BCUT2D eigenvalue weighted by atomic mass is 32.2. The molecule has 1 saturated heterocycles. The third-order valence-corrected chi connectivity index (χ3v) is 5.94. The number of non-ortho nitro benzene ring substituents is 1. The molecule has 0 N–H and O–H groups in total. The maximum absolute atomic E-state index is 13.1. The van der Waals surface area contributed by atoms with Gasteiger partial charge in [0.15, 0.2) is 0 Å². The molecule has 2 rings (SSSR count). The maximum Gasteiger partial charge on any atom is 0.405 e. The van der Waals surface area contributed by atoms with E-state index in [1.165, 1.54) is 14.0 Å². The third kappa shape index (κ3) is 3.52. The Labute approximate surface area is 136 Å². The standard InChI is InChI=1S/C13H16F3N3O4S/c1-9-7-18(8-12(17(9)2)13(14,15)16)24(22,23)11-5-3-10(4-6-11)19(20)21/h3-6,9,12H,7-8H2,1-2H3. The zero-order valence-electron chi connectivity index (χ0n) is 12.9. The first kappa shape index (κ1) is 18.6. The first-order valence-electron chi connectivity index (χ1n) is 6.98. The Morgan fingerprint density at radius 1 is 1.21 bits per heavy atom. The van der Waals surface area contributed by atoms with E-state index >= 15 is 0 Å². The average Bonchev–Trinajstić information content (AvgIpc) is 2.48. The van der Waals surface area contributed by atoms with E-state index in [4.69, 9.17) is 0 Å². The van der Waals surface area contributed by atoms with Gasteiger partial charge in [-0.3, -0.25) is 15.0 Å². The van der Waals surface area contributed by atoms with Crippen molar-refractivity contribution < 1.29 is 26.5 Å². The summed E-state index contributed by atoms with van der Waals surface area (Å²) in [5.74, 6) is 0. The first-order valence-corrected chi connectivity index (χ1v) is 8.42. The molecule has 1 heterocycles. The predicted octanol–water partition coefficient (Wildman–Crippen LogP) is 1.85. The van der Waals surface area contributed by atoms with Crippen LogP contribution in [0.1, 0.15) is 6.92 Å². The number of likely N-dealkylation sites (N-methyl/N-ethyl adjacent to an activating group) is 1. The summed E-state index contributed by atoms with van der Waals surface area (Å²) in [6, 6.07) is 1.53. The second kappa shape index (κ2) is 6.30. The lowest BCUT2D eigenvalue weighted by Crippen LogP contribution is -2.62. The van der Waals surface area contributed by atoms with E-state index in [1.807, 2.05) is 0 Å². The number of rotatable bonds is 3. The fourth-order valence-electron chi connectivity index (χ4n) is 2.55. The number of alkyl halides is 3. The van der Waals surface area contributed by atoms with Gasteiger partial charge in [0.2, 0.25) is 10.0 Å². The van der Waals surface area contributed by atoms with Gasteiger partial charge in [0, 0.05) is 31.3 Å². The summed E-state index contributed by atoms with van der Waals surface area (Å²) in [6.45, 7) is 0.697. The van der Waals surface area contributed by atoms with Crippen molar-refractivity contribution >= 4 is 15.7 Å². The number of sulfonamides is 1. The topological polar surface area (TPSA) is 83.8 Å². The van der Waals surface area contributed by atoms with Crippen molar-refractivity contribution in [3.05, 3.63) is 34.4 Å². The van der Waals surface area contributed by atoms with Crippen LogP contribution >= 0.6 is 0 Å². The quantitative estimate of drug-likeness (QED) is 0.601. The fraction of sp³-hybridized carbons (Fsp3) is 0.538. The van der Waals surface area contributed by atoms with Crippen molar-refractivity contribution in [1.82, 2.24) is 9.21 Å². The van der Waals surface area contributed by atoms with Gasteiger partial charge < -0.3 is 0 Å². The smallest absolute Gasteiger partial charge is 0.290 e. The second-order valence-corrected chi connectivity index (χ2v) is 7.58. The maximum atomic E-state index is 13.1. The number of halogens is 3. The molecule has 0 spiro atoms. The molecule has 0 saturated carbocycles. The van der Waals surface area contributed by atoms with Gasteiger partial charge in [-0.2, -0.15) is 17.5 Å². The first-order chi connectivity index (χ1) is 10.9. The lowest BCUT2D eigenvalue weighted by Gasteiger charge is -2.43. The van der Waals surface area contributed by atoms with Gasteiger partial charge in [-0.1, -0.05) is 0 Å². The molecule has 0 aliphatic carbocycles. The summed E-state index contributed by atoms with van der Waals surface area (Å²) in [4.78, 5) is 10.8. The van der Waals surface area contributed by atoms with E-state index in [1.54, 1.807) is 0 Å². The van der Waals surface area contributed by atoms with E-state index in [9.17, 15) is 31.7 Å². The highest BCUT2D eigenvalue weighted by Gasteiger charge is 2.49. The number of nitrogens with zero attached hydrogens (tertiary/aromatic N) is 3. The molecule has 1 fully saturated rings. The molecule has 2 unspecified atom stereocenters. The molecular weight excluding hydrogens is 351 g/mol. The van der Waals surface area contributed by atoms with Crippen molar-refractivity contribution in [1.29, 1.82) is 0 Å². The van der Waals surface area contributed by atoms with E-state index in [2.05, 4.69) is 0 Å². The summed E-state index contributed by atoms with van der Waals surface area (Å²) in [6.07, 6.45) is -4.56. The van der Waals surface area contributed by atoms with Gasteiger partial charge in [-0.15, -0.1) is 0 Å². The van der Waals surface area contributed by atoms with Gasteiger partial charge in [0.25, 0.3) is 5.69 Å². The molecule has 11 heteroatoms. The average molecular weight is 367 g/mol. The largest absolute Gasteiger partial charge is 0.405 e. The Bertz CT molecular complexity index is 721. The highest BCUT2D eigenvalue weighted by Crippen LogP contribution is 2.31. The summed E-state index contributed by atoms with van der Waals surface area (Å²) < 4.78 is 65.3. The van der Waals surface area contributed by atoms with Crippen LogP contribution in [0.3, 0.4) is 0 Å². The lowest BCUT2D eigenvalue weighted by molar-refractivity contribution is -0.384. The molecule has 2 atom stereocenters. The number of benzene rings is 1. The molecule has 0 radical (unpaired) electrons. The zero-order chi connectivity index (χ0) is 18.3. The molecule has 7 nitrogen and oxygen atoms in total. The van der Waals surface area contributed by atoms with Crippen LogP contribution in [0.2, 0.25) is 0 Å². The fourth-order valence-corrected chi connectivity index (χ4v) is 4.07. The van der Waals surface area contributed by atoms with E-state index in [-0.39, 0.29) is 17.1 Å². The summed E-state index contributed by atoms with van der Waals surface area (Å²) >= 11 is 0. The molecule has 0 aromatic heterocycles. The molecule has 0 bridgehead atoms. The van der Waals surface area contributed by atoms with E-state index < -0.39 is 39.8 Å². The van der Waals surface area contributed by atoms with Crippen molar-refractivity contribution in [2.45, 2.75) is 30.1 Å². The second-order valence-electron chi connectivity index (χ2n) is 5.64. The van der Waals surface area contributed by atoms with Crippen molar-refractivity contribution in [3.63, 3.8) is 0 Å². The number of piperazine rings is 1. The van der Waals surface area contributed by atoms with Crippen LogP contribution in [0.15, 0.2) is 29.2 Å². The molecule has 1 aromatic carbocycles. The molecule has 0 amide bonds. The normalized spacial score (nSPS) is 24.0. The molecule has 1 aliphatic heterocycles. The SMILES string of the molecule is CC1CN(S(=O)(=O)c2ccc([N+](=O)[O-])cc2)CC(C(F)(F)F)N1C. The highest BCUT2D eigenvalue weighted by molar-refractivity contribution is 7.89. The van der Waals surface area contributed by atoms with Gasteiger partial charge in [0.05, 0.1) is 9.82 Å². The number of hydrogen-bond acceptors (Lipinski definition) is 5. The summed E-state index contributed by atoms with van der Waals surface area (Å²) in [5.41, 5.74) is -0.297. The van der Waals surface area contributed by atoms with Crippen LogP contribution in [0.4, 0.5) is 18.9 Å². The lowest BCUT2D eigenvalue weighted by atomic mass is 10.1. The minimum Gasteiger partial charge on any atom is -0.290 e. The van der Waals surface area contributed by atoms with Crippen LogP contribution in [0, 0.1) is 10.1 Å². The predicted molar refractivity (Wildman–Crippen MR) is 78.9 cm³/mol. The Morgan fingerprint density at radius 2 is 1.75 bits per heavy atom. The van der Waals surface area contributed by atoms with Gasteiger partial charge in [-0.25, -0.2) is 8.42 Å². The minimum atomic E-state index is -4.56. The molecule has 1 aliphatic rings. The van der Waals surface area contributed by atoms with Crippen molar-refractivity contribution in [2.24, 2.45) is 0 Å². The Hall–Kier alpha value is -1.72. The molecule has 134 valence electrons. The summed E-state index contributed by atoms with van der Waals surface area (Å²) in [7, 11) is -2.87. The number of nitro groups is 1. The van der Waals surface area contributed by atoms with Gasteiger partial charge in [0.1, 0.15) is 6.04 Å². The van der Waals surface area contributed by atoms with Gasteiger partial charge in [-0.05, 0) is 26.1 Å². The molecule has 24 heavy (non-hydrogen) atoms. The number of nitro benzene ring substituents is 1. The van der Waals surface area contributed by atoms with Crippen LogP contribution in [-0.2, 0) is 10.0 Å². The Kier molecular flexibility index (Phi) is 4.88. The molecule has 1 aromatic rings. The van der Waals surface area contributed by atoms with Crippen LogP contribution in [0.5, 0.6) is 0 Å². The monoisotopic (exact) mass is 367 g/mol. The molecular formula is C13H16F3N3O4S. The van der Waals surface area contributed by atoms with Crippen LogP contribution < -0.4 is 0 Å². The van der Waals surface area contributed by atoms with Gasteiger partial charge >= 0.3 is 6.18 Å². The van der Waals surface area contributed by atoms with E-state index in [0.717, 1.165) is 33.5 Å². The van der Waals surface area contributed by atoms with Crippen LogP contribution in [-0.4, -0.2) is 60.9 Å². The van der Waals surface area contributed by atoms with Crippen LogP contribution in [0.25, 0.3) is 0 Å².